The molecule has 28 heavy (non-hydrogen) atoms. The first-order valence-corrected chi connectivity index (χ1v) is 10.7. The second kappa shape index (κ2) is 7.28. The molecule has 146 valence electrons. The summed E-state index contributed by atoms with van der Waals surface area (Å²) in [6, 6.07) is 4.42. The summed E-state index contributed by atoms with van der Waals surface area (Å²) in [5, 5.41) is 0. The van der Waals surface area contributed by atoms with E-state index in [1.54, 1.807) is 5.57 Å². The third-order valence-electron chi connectivity index (χ3n) is 6.30. The van der Waals surface area contributed by atoms with Gasteiger partial charge >= 0.3 is 0 Å². The zero-order valence-electron chi connectivity index (χ0n) is 18.0. The van der Waals surface area contributed by atoms with Crippen molar-refractivity contribution in [1.29, 1.82) is 0 Å². The number of fused-ring (bicyclic) bond motifs is 1. The van der Waals surface area contributed by atoms with Gasteiger partial charge in [0.15, 0.2) is 0 Å². The van der Waals surface area contributed by atoms with Gasteiger partial charge in [0.25, 0.3) is 0 Å². The predicted molar refractivity (Wildman–Crippen MR) is 120 cm³/mol. The fraction of sp³-hybridized carbons (Fsp3) is 0.407. The van der Waals surface area contributed by atoms with Gasteiger partial charge in [0, 0.05) is 31.3 Å². The van der Waals surface area contributed by atoms with E-state index in [4.69, 9.17) is 0 Å². The lowest BCUT2D eigenvalue weighted by molar-refractivity contribution is 0.514. The van der Waals surface area contributed by atoms with Gasteiger partial charge in [-0.05, 0) is 58.3 Å². The second-order valence-corrected chi connectivity index (χ2v) is 9.48. The Hall–Kier alpha value is -2.28. The minimum atomic E-state index is 0.176. The lowest BCUT2D eigenvalue weighted by Gasteiger charge is -2.25. The molecule has 1 nitrogen and oxygen atoms in total. The van der Waals surface area contributed by atoms with Crippen molar-refractivity contribution in [2.75, 3.05) is 0 Å². The average molecular weight is 372 g/mol. The summed E-state index contributed by atoms with van der Waals surface area (Å²) in [5.74, 6) is 0.424. The third kappa shape index (κ3) is 3.55. The van der Waals surface area contributed by atoms with Gasteiger partial charge in [-0.3, -0.25) is 0 Å². The van der Waals surface area contributed by atoms with Crippen molar-refractivity contribution in [3.63, 3.8) is 0 Å². The van der Waals surface area contributed by atoms with Crippen LogP contribution in [0.2, 0.25) is 0 Å². The highest BCUT2D eigenvalue weighted by Gasteiger charge is 2.30. The van der Waals surface area contributed by atoms with Crippen LogP contribution >= 0.6 is 0 Å². The zero-order chi connectivity index (χ0) is 19.9. The number of hydrogen-bond acceptors (Lipinski definition) is 0. The van der Waals surface area contributed by atoms with Gasteiger partial charge in [-0.15, -0.1) is 0 Å². The number of hydrogen-bond donors (Lipinski definition) is 0. The monoisotopic (exact) mass is 371 g/mol. The molecule has 0 aliphatic heterocycles. The molecule has 1 atom stereocenters. The second-order valence-electron chi connectivity index (χ2n) is 9.48. The Balaban J connectivity index is 1.73. The van der Waals surface area contributed by atoms with Crippen LogP contribution in [0.4, 0.5) is 0 Å². The van der Waals surface area contributed by atoms with E-state index in [0.29, 0.717) is 5.92 Å². The Morgan fingerprint density at radius 3 is 2.68 bits per heavy atom. The molecule has 0 N–H and O–H groups in total. The Morgan fingerprint density at radius 2 is 2.00 bits per heavy atom. The van der Waals surface area contributed by atoms with Gasteiger partial charge in [0.05, 0.1) is 0 Å². The number of allylic oxidation sites excluding steroid dienone is 12. The van der Waals surface area contributed by atoms with Crippen LogP contribution in [0.25, 0.3) is 0 Å². The normalized spacial score (nSPS) is 21.5. The first kappa shape index (κ1) is 19.1. The third-order valence-corrected chi connectivity index (χ3v) is 6.30. The molecule has 0 spiro atoms. The fourth-order valence-corrected chi connectivity index (χ4v) is 4.58. The molecule has 3 aliphatic carbocycles. The summed E-state index contributed by atoms with van der Waals surface area (Å²) in [6.45, 7) is 9.20. The Kier molecular flexibility index (Phi) is 4.95. The molecule has 1 aromatic heterocycles. The molecule has 1 heterocycles. The van der Waals surface area contributed by atoms with E-state index < -0.39 is 0 Å². The largest absolute Gasteiger partial charge is 0.354 e. The van der Waals surface area contributed by atoms with Gasteiger partial charge in [-0.1, -0.05) is 76.1 Å². The Labute approximate surface area is 170 Å². The highest BCUT2D eigenvalue weighted by atomic mass is 14.9. The molecule has 0 saturated heterocycles. The summed E-state index contributed by atoms with van der Waals surface area (Å²) in [6.07, 6.45) is 21.2. The molecule has 1 unspecified atom stereocenters. The van der Waals surface area contributed by atoms with Gasteiger partial charge in [-0.25, -0.2) is 0 Å². The van der Waals surface area contributed by atoms with Crippen molar-refractivity contribution in [3.8, 4) is 0 Å². The maximum absolute atomic E-state index is 2.51. The van der Waals surface area contributed by atoms with Crippen molar-refractivity contribution in [2.45, 2.75) is 53.4 Å². The smallest absolute Gasteiger partial charge is 0.0216 e. The number of nitrogens with zero attached hydrogens (tertiary/aromatic N) is 1. The fourth-order valence-electron chi connectivity index (χ4n) is 4.58. The quantitative estimate of drug-likeness (QED) is 0.524. The van der Waals surface area contributed by atoms with Crippen molar-refractivity contribution in [1.82, 2.24) is 4.57 Å². The minimum absolute atomic E-state index is 0.176. The maximum Gasteiger partial charge on any atom is 0.0216 e. The molecule has 0 radical (unpaired) electrons. The maximum atomic E-state index is 2.51. The van der Waals surface area contributed by atoms with Crippen LogP contribution in [-0.4, -0.2) is 4.57 Å². The molecule has 3 aliphatic rings. The molecule has 0 saturated carbocycles. The van der Waals surface area contributed by atoms with Crippen LogP contribution < -0.4 is 0 Å². The summed E-state index contributed by atoms with van der Waals surface area (Å²) in [7, 11) is 2.16. The summed E-state index contributed by atoms with van der Waals surface area (Å²) >= 11 is 0. The topological polar surface area (TPSA) is 4.93 Å². The lowest BCUT2D eigenvalue weighted by Crippen LogP contribution is -2.12. The number of aromatic nitrogens is 1. The summed E-state index contributed by atoms with van der Waals surface area (Å²) in [4.78, 5) is 0. The van der Waals surface area contributed by atoms with Crippen LogP contribution in [-0.2, 0) is 13.5 Å². The van der Waals surface area contributed by atoms with Crippen molar-refractivity contribution in [2.24, 2.45) is 18.4 Å². The molecule has 0 fully saturated rings. The Bertz CT molecular complexity index is 960. The first-order valence-electron chi connectivity index (χ1n) is 10.7. The molecule has 0 aromatic carbocycles. The zero-order valence-corrected chi connectivity index (χ0v) is 18.0. The lowest BCUT2D eigenvalue weighted by atomic mass is 9.79. The molecule has 1 heteroatoms. The van der Waals surface area contributed by atoms with E-state index >= 15 is 0 Å². The Morgan fingerprint density at radius 1 is 1.18 bits per heavy atom. The van der Waals surface area contributed by atoms with Crippen LogP contribution in [0.3, 0.4) is 0 Å². The predicted octanol–water partition coefficient (Wildman–Crippen LogP) is 7.02. The summed E-state index contributed by atoms with van der Waals surface area (Å²) < 4.78 is 2.26. The molecule has 1 aromatic rings. The molecular formula is C27H33N. The molecule has 4 rings (SSSR count). The SMILES string of the molecule is CCCC1=CC=C(C2=CC3C=CC(C(C)(C)C)=CC3=C2Cc2cccn2C)C1. The van der Waals surface area contributed by atoms with E-state index in [1.165, 1.54) is 46.4 Å². The van der Waals surface area contributed by atoms with Crippen LogP contribution in [0.15, 0.2) is 88.2 Å². The van der Waals surface area contributed by atoms with Crippen molar-refractivity contribution in [3.05, 3.63) is 93.9 Å². The van der Waals surface area contributed by atoms with Gasteiger partial charge in [-0.2, -0.15) is 0 Å². The number of rotatable bonds is 5. The van der Waals surface area contributed by atoms with Crippen molar-refractivity contribution < 1.29 is 0 Å². The number of aryl methyl sites for hydroxylation is 1. The molecule has 0 amide bonds. The van der Waals surface area contributed by atoms with E-state index in [2.05, 4.69) is 94.1 Å². The minimum Gasteiger partial charge on any atom is -0.354 e. The van der Waals surface area contributed by atoms with E-state index in [-0.39, 0.29) is 5.41 Å². The van der Waals surface area contributed by atoms with Gasteiger partial charge in [0.1, 0.15) is 0 Å². The van der Waals surface area contributed by atoms with Gasteiger partial charge in [0.2, 0.25) is 0 Å². The van der Waals surface area contributed by atoms with Crippen LogP contribution in [0.1, 0.15) is 52.7 Å². The first-order chi connectivity index (χ1) is 13.4. The van der Waals surface area contributed by atoms with E-state index in [1.807, 2.05) is 0 Å². The molecular weight excluding hydrogens is 338 g/mol. The molecule has 0 bridgehead atoms. The van der Waals surface area contributed by atoms with Crippen LogP contribution in [0.5, 0.6) is 0 Å². The standard InChI is InChI=1S/C27H33N/c1-6-8-19-10-11-20(15-19)24-16-21-12-13-22(27(2,3)4)17-25(21)26(24)18-23-9-7-14-28(23)5/h7,9-14,16-17,21H,6,8,15,18H2,1-5H3. The van der Waals surface area contributed by atoms with Gasteiger partial charge < -0.3 is 4.57 Å². The highest BCUT2D eigenvalue weighted by molar-refractivity contribution is 5.64. The van der Waals surface area contributed by atoms with Crippen LogP contribution in [0, 0.1) is 11.3 Å². The summed E-state index contributed by atoms with van der Waals surface area (Å²) in [5.41, 5.74) is 10.6. The van der Waals surface area contributed by atoms with E-state index in [9.17, 15) is 0 Å². The average Bonchev–Trinajstić information content (AvgIpc) is 3.34. The van der Waals surface area contributed by atoms with Crippen molar-refractivity contribution >= 4 is 0 Å². The van der Waals surface area contributed by atoms with E-state index in [0.717, 1.165) is 12.8 Å². The highest BCUT2D eigenvalue weighted by Crippen LogP contribution is 2.45.